The van der Waals surface area contributed by atoms with E-state index < -0.39 is 0 Å². The molecule has 29 heavy (non-hydrogen) atoms. The van der Waals surface area contributed by atoms with Gasteiger partial charge in [-0.1, -0.05) is 0 Å². The van der Waals surface area contributed by atoms with E-state index in [2.05, 4.69) is 15.6 Å². The Bertz CT molecular complexity index is 957. The first kappa shape index (κ1) is 20.0. The van der Waals surface area contributed by atoms with E-state index in [1.807, 2.05) is 31.2 Å². The highest BCUT2D eigenvalue weighted by Crippen LogP contribution is 2.28. The summed E-state index contributed by atoms with van der Waals surface area (Å²) in [6, 6.07) is 16.2. The molecule has 0 saturated heterocycles. The van der Waals surface area contributed by atoms with Crippen LogP contribution in [0, 0.1) is 0 Å². The number of pyridine rings is 1. The molecule has 2 N–H and O–H groups in total. The molecule has 0 fully saturated rings. The molecule has 150 valence electrons. The van der Waals surface area contributed by atoms with Crippen LogP contribution in [-0.2, 0) is 0 Å². The van der Waals surface area contributed by atoms with Crippen molar-refractivity contribution in [2.24, 2.45) is 0 Å². The van der Waals surface area contributed by atoms with Gasteiger partial charge < -0.3 is 24.8 Å². The summed E-state index contributed by atoms with van der Waals surface area (Å²) in [5.74, 6) is 2.28. The number of carbonyl (C=O) groups is 1. The fraction of sp³-hybridized carbons (Fsp3) is 0.182. The standard InChI is InChI=1S/C22H23N3O4/c1-4-29-18-9-6-16(7-10-18)24-21-12-8-17(14-23-21)25-22(26)15-5-11-19(27-2)20(13-15)28-3/h5-14H,4H2,1-3H3,(H,23,24)(H,25,26). The predicted molar refractivity (Wildman–Crippen MR) is 113 cm³/mol. The van der Waals surface area contributed by atoms with E-state index in [1.165, 1.54) is 7.11 Å². The summed E-state index contributed by atoms with van der Waals surface area (Å²) in [6.07, 6.45) is 1.59. The molecule has 0 aliphatic carbocycles. The molecule has 0 atom stereocenters. The molecule has 0 radical (unpaired) electrons. The van der Waals surface area contributed by atoms with Gasteiger partial charge in [-0.05, 0) is 61.5 Å². The van der Waals surface area contributed by atoms with Gasteiger partial charge in [0.15, 0.2) is 11.5 Å². The summed E-state index contributed by atoms with van der Waals surface area (Å²) in [5, 5.41) is 6.02. The summed E-state index contributed by atoms with van der Waals surface area (Å²) in [4.78, 5) is 16.8. The van der Waals surface area contributed by atoms with Crippen molar-refractivity contribution in [2.45, 2.75) is 6.92 Å². The molecule has 0 aliphatic heterocycles. The monoisotopic (exact) mass is 393 g/mol. The van der Waals surface area contributed by atoms with Gasteiger partial charge in [0.2, 0.25) is 0 Å². The molecule has 0 saturated carbocycles. The van der Waals surface area contributed by atoms with Crippen molar-refractivity contribution in [2.75, 3.05) is 31.5 Å². The average Bonchev–Trinajstić information content (AvgIpc) is 2.76. The highest BCUT2D eigenvalue weighted by molar-refractivity contribution is 6.04. The normalized spacial score (nSPS) is 10.2. The lowest BCUT2D eigenvalue weighted by atomic mass is 10.2. The molecular formula is C22H23N3O4. The van der Waals surface area contributed by atoms with E-state index in [4.69, 9.17) is 14.2 Å². The third-order valence-corrected chi connectivity index (χ3v) is 4.10. The van der Waals surface area contributed by atoms with Crippen molar-refractivity contribution in [1.82, 2.24) is 4.98 Å². The number of rotatable bonds is 8. The Morgan fingerprint density at radius 2 is 1.66 bits per heavy atom. The quantitative estimate of drug-likeness (QED) is 0.587. The lowest BCUT2D eigenvalue weighted by Gasteiger charge is -2.11. The minimum absolute atomic E-state index is 0.264. The number of aromatic nitrogens is 1. The van der Waals surface area contributed by atoms with Gasteiger partial charge in [0.1, 0.15) is 11.6 Å². The molecule has 1 aromatic heterocycles. The average molecular weight is 393 g/mol. The van der Waals surface area contributed by atoms with E-state index in [0.717, 1.165) is 11.4 Å². The van der Waals surface area contributed by atoms with Gasteiger partial charge >= 0.3 is 0 Å². The van der Waals surface area contributed by atoms with Crippen LogP contribution in [0.3, 0.4) is 0 Å². The minimum Gasteiger partial charge on any atom is -0.494 e. The van der Waals surface area contributed by atoms with Crippen molar-refractivity contribution in [3.05, 3.63) is 66.4 Å². The minimum atomic E-state index is -0.264. The van der Waals surface area contributed by atoms with Crippen molar-refractivity contribution in [3.8, 4) is 17.2 Å². The van der Waals surface area contributed by atoms with Gasteiger partial charge in [-0.3, -0.25) is 4.79 Å². The van der Waals surface area contributed by atoms with Gasteiger partial charge in [0, 0.05) is 11.3 Å². The molecule has 0 spiro atoms. The Morgan fingerprint density at radius 3 is 2.28 bits per heavy atom. The fourth-order valence-electron chi connectivity index (χ4n) is 2.67. The Labute approximate surface area is 169 Å². The van der Waals surface area contributed by atoms with Crippen LogP contribution in [-0.4, -0.2) is 31.7 Å². The van der Waals surface area contributed by atoms with Crippen LogP contribution in [0.5, 0.6) is 17.2 Å². The number of amides is 1. The van der Waals surface area contributed by atoms with Crippen molar-refractivity contribution in [3.63, 3.8) is 0 Å². The van der Waals surface area contributed by atoms with Crippen LogP contribution in [0.1, 0.15) is 17.3 Å². The molecule has 7 heteroatoms. The topological polar surface area (TPSA) is 81.7 Å². The maximum Gasteiger partial charge on any atom is 0.255 e. The first-order valence-electron chi connectivity index (χ1n) is 9.12. The summed E-state index contributed by atoms with van der Waals surface area (Å²) in [6.45, 7) is 2.58. The third-order valence-electron chi connectivity index (χ3n) is 4.10. The number of carbonyl (C=O) groups excluding carboxylic acids is 1. The van der Waals surface area contributed by atoms with Crippen LogP contribution in [0.2, 0.25) is 0 Å². The third kappa shape index (κ3) is 5.16. The second-order valence-electron chi connectivity index (χ2n) is 6.04. The summed E-state index contributed by atoms with van der Waals surface area (Å²) >= 11 is 0. The Morgan fingerprint density at radius 1 is 0.931 bits per heavy atom. The van der Waals surface area contributed by atoms with Gasteiger partial charge in [-0.25, -0.2) is 4.98 Å². The Kier molecular flexibility index (Phi) is 6.52. The number of nitrogens with zero attached hydrogens (tertiary/aromatic N) is 1. The zero-order chi connectivity index (χ0) is 20.6. The Hall–Kier alpha value is -3.74. The molecule has 0 unspecified atom stereocenters. The number of hydrogen-bond acceptors (Lipinski definition) is 6. The molecule has 0 aliphatic rings. The first-order valence-corrected chi connectivity index (χ1v) is 9.12. The number of nitrogens with one attached hydrogen (secondary N) is 2. The van der Waals surface area contributed by atoms with E-state index in [1.54, 1.807) is 43.6 Å². The van der Waals surface area contributed by atoms with E-state index in [-0.39, 0.29) is 5.91 Å². The largest absolute Gasteiger partial charge is 0.494 e. The van der Waals surface area contributed by atoms with Gasteiger partial charge in [-0.2, -0.15) is 0 Å². The first-order chi connectivity index (χ1) is 14.1. The maximum atomic E-state index is 12.5. The smallest absolute Gasteiger partial charge is 0.255 e. The van der Waals surface area contributed by atoms with Crippen molar-refractivity contribution in [1.29, 1.82) is 0 Å². The van der Waals surface area contributed by atoms with Crippen LogP contribution < -0.4 is 24.8 Å². The van der Waals surface area contributed by atoms with Crippen molar-refractivity contribution < 1.29 is 19.0 Å². The molecule has 3 aromatic rings. The highest BCUT2D eigenvalue weighted by atomic mass is 16.5. The summed E-state index contributed by atoms with van der Waals surface area (Å²) in [7, 11) is 3.08. The molecular weight excluding hydrogens is 370 g/mol. The number of benzene rings is 2. The summed E-state index contributed by atoms with van der Waals surface area (Å²) in [5.41, 5.74) is 1.93. The lowest BCUT2D eigenvalue weighted by molar-refractivity contribution is 0.102. The van der Waals surface area contributed by atoms with Crippen LogP contribution in [0.15, 0.2) is 60.8 Å². The van der Waals surface area contributed by atoms with E-state index in [9.17, 15) is 4.79 Å². The van der Waals surface area contributed by atoms with Gasteiger partial charge in [-0.15, -0.1) is 0 Å². The molecule has 0 bridgehead atoms. The van der Waals surface area contributed by atoms with E-state index in [0.29, 0.717) is 35.2 Å². The Balaban J connectivity index is 1.63. The number of methoxy groups -OCH3 is 2. The van der Waals surface area contributed by atoms with Crippen LogP contribution in [0.25, 0.3) is 0 Å². The summed E-state index contributed by atoms with van der Waals surface area (Å²) < 4.78 is 15.9. The molecule has 1 heterocycles. The highest BCUT2D eigenvalue weighted by Gasteiger charge is 2.11. The molecule has 1 amide bonds. The predicted octanol–water partition coefficient (Wildman–Crippen LogP) is 4.49. The zero-order valence-electron chi connectivity index (χ0n) is 16.6. The molecule has 7 nitrogen and oxygen atoms in total. The molecule has 3 rings (SSSR count). The van der Waals surface area contributed by atoms with E-state index >= 15 is 0 Å². The second kappa shape index (κ2) is 9.45. The number of ether oxygens (including phenoxy) is 3. The number of anilines is 3. The fourth-order valence-corrected chi connectivity index (χ4v) is 2.67. The second-order valence-corrected chi connectivity index (χ2v) is 6.04. The van der Waals surface area contributed by atoms with Crippen molar-refractivity contribution >= 4 is 23.1 Å². The van der Waals surface area contributed by atoms with Crippen LogP contribution >= 0.6 is 0 Å². The van der Waals surface area contributed by atoms with Gasteiger partial charge in [0.25, 0.3) is 5.91 Å². The lowest BCUT2D eigenvalue weighted by Crippen LogP contribution is -2.12. The molecule has 2 aromatic carbocycles. The number of hydrogen-bond donors (Lipinski definition) is 2. The van der Waals surface area contributed by atoms with Crippen LogP contribution in [0.4, 0.5) is 17.2 Å². The zero-order valence-corrected chi connectivity index (χ0v) is 16.6. The SMILES string of the molecule is CCOc1ccc(Nc2ccc(NC(=O)c3ccc(OC)c(OC)c3)cn2)cc1. The maximum absolute atomic E-state index is 12.5. The van der Waals surface area contributed by atoms with Gasteiger partial charge in [0.05, 0.1) is 32.7 Å².